The molecule has 1 aromatic heterocycles. The molecule has 4 aromatic rings. The van der Waals surface area contributed by atoms with Crippen LogP contribution in [0.5, 0.6) is 5.75 Å². The van der Waals surface area contributed by atoms with E-state index >= 15 is 0 Å². The van der Waals surface area contributed by atoms with Gasteiger partial charge >= 0.3 is 5.63 Å². The average Bonchev–Trinajstić information content (AvgIpc) is 2.75. The maximum atomic E-state index is 12.8. The molecule has 0 saturated heterocycles. The van der Waals surface area contributed by atoms with Crippen LogP contribution in [0.3, 0.4) is 0 Å². The molecule has 0 atom stereocenters. The van der Waals surface area contributed by atoms with Gasteiger partial charge in [-0.05, 0) is 80.4 Å². The molecule has 4 rings (SSSR count). The van der Waals surface area contributed by atoms with Gasteiger partial charge in [-0.25, -0.2) is 4.79 Å². The normalized spacial score (nSPS) is 11.4. The van der Waals surface area contributed by atoms with Gasteiger partial charge in [0.25, 0.3) is 5.91 Å². The van der Waals surface area contributed by atoms with Crippen molar-refractivity contribution in [3.63, 3.8) is 0 Å². The van der Waals surface area contributed by atoms with Gasteiger partial charge in [-0.15, -0.1) is 0 Å². The Kier molecular flexibility index (Phi) is 5.76. The van der Waals surface area contributed by atoms with E-state index in [1.54, 1.807) is 56.3 Å². The molecule has 0 radical (unpaired) electrons. The minimum atomic E-state index is -1.11. The van der Waals surface area contributed by atoms with Crippen LogP contribution in [0.2, 0.25) is 5.02 Å². The molecule has 0 spiro atoms. The number of hydrogen-bond acceptors (Lipinski definition) is 4. The van der Waals surface area contributed by atoms with E-state index in [1.165, 1.54) is 0 Å². The van der Waals surface area contributed by atoms with Gasteiger partial charge in [0.05, 0.1) is 5.56 Å². The number of carbonyl (C=O) groups is 1. The van der Waals surface area contributed by atoms with E-state index < -0.39 is 11.2 Å². The van der Waals surface area contributed by atoms with Crippen molar-refractivity contribution in [2.24, 2.45) is 0 Å². The molecular formula is C26H22ClNO4. The zero-order valence-corrected chi connectivity index (χ0v) is 18.7. The Morgan fingerprint density at radius 1 is 0.969 bits per heavy atom. The lowest BCUT2D eigenvalue weighted by molar-refractivity contribution is -0.128. The Morgan fingerprint density at radius 2 is 1.69 bits per heavy atom. The molecule has 0 saturated carbocycles. The molecular weight excluding hydrogens is 426 g/mol. The van der Waals surface area contributed by atoms with Gasteiger partial charge in [-0.3, -0.25) is 4.79 Å². The number of amides is 1. The first-order valence-corrected chi connectivity index (χ1v) is 10.5. The number of nitrogens with one attached hydrogen (secondary N) is 1. The Balaban J connectivity index is 1.56. The van der Waals surface area contributed by atoms with Crippen LogP contribution in [0.15, 0.2) is 82.0 Å². The highest BCUT2D eigenvalue weighted by Gasteiger charge is 2.30. The SMILES string of the molecule is Cc1cc(NC(=O)C(C)(C)Oc2ccc(Cl)cc2)ccc1-c1cc2ccccc2oc1=O. The number of rotatable bonds is 5. The van der Waals surface area contributed by atoms with Crippen molar-refractivity contribution < 1.29 is 13.9 Å². The van der Waals surface area contributed by atoms with E-state index in [4.69, 9.17) is 20.8 Å². The van der Waals surface area contributed by atoms with Crippen molar-refractivity contribution >= 4 is 34.2 Å². The monoisotopic (exact) mass is 447 g/mol. The van der Waals surface area contributed by atoms with Crippen molar-refractivity contribution in [3.8, 4) is 16.9 Å². The quantitative estimate of drug-likeness (QED) is 0.369. The first kappa shape index (κ1) is 21.7. The summed E-state index contributed by atoms with van der Waals surface area (Å²) in [5.74, 6) is 0.244. The topological polar surface area (TPSA) is 68.5 Å². The number of hydrogen-bond donors (Lipinski definition) is 1. The molecule has 32 heavy (non-hydrogen) atoms. The summed E-state index contributed by atoms with van der Waals surface area (Å²) in [4.78, 5) is 25.4. The molecule has 0 aliphatic heterocycles. The molecule has 1 N–H and O–H groups in total. The second kappa shape index (κ2) is 8.52. The zero-order valence-electron chi connectivity index (χ0n) is 17.9. The van der Waals surface area contributed by atoms with E-state index in [0.29, 0.717) is 27.6 Å². The Hall–Kier alpha value is -3.57. The Morgan fingerprint density at radius 3 is 2.41 bits per heavy atom. The molecule has 0 unspecified atom stereocenters. The summed E-state index contributed by atoms with van der Waals surface area (Å²) in [7, 11) is 0. The number of fused-ring (bicyclic) bond motifs is 1. The highest BCUT2D eigenvalue weighted by Crippen LogP contribution is 2.27. The lowest BCUT2D eigenvalue weighted by Crippen LogP contribution is -2.42. The van der Waals surface area contributed by atoms with Gasteiger partial charge in [0.15, 0.2) is 5.60 Å². The summed E-state index contributed by atoms with van der Waals surface area (Å²) in [5.41, 5.74) is 1.70. The standard InChI is InChI=1S/C26H22ClNO4/c1-16-14-19(28-25(30)26(2,3)32-20-11-8-18(27)9-12-20)10-13-21(16)22-15-17-6-4-5-7-23(17)31-24(22)29/h4-15H,1-3H3,(H,28,30). The van der Waals surface area contributed by atoms with Gasteiger partial charge in [0, 0.05) is 16.1 Å². The smallest absolute Gasteiger partial charge is 0.344 e. The van der Waals surface area contributed by atoms with Crippen LogP contribution in [0.25, 0.3) is 22.1 Å². The lowest BCUT2D eigenvalue weighted by Gasteiger charge is -2.25. The molecule has 0 bridgehead atoms. The summed E-state index contributed by atoms with van der Waals surface area (Å²) in [5, 5.41) is 4.33. The predicted molar refractivity (Wildman–Crippen MR) is 127 cm³/mol. The van der Waals surface area contributed by atoms with Gasteiger partial charge in [-0.2, -0.15) is 0 Å². The fourth-order valence-electron chi connectivity index (χ4n) is 3.42. The number of aryl methyl sites for hydroxylation is 1. The first-order valence-electron chi connectivity index (χ1n) is 10.1. The number of benzene rings is 3. The van der Waals surface area contributed by atoms with Crippen LogP contribution >= 0.6 is 11.6 Å². The number of carbonyl (C=O) groups excluding carboxylic acids is 1. The first-order chi connectivity index (χ1) is 15.2. The summed E-state index contributed by atoms with van der Waals surface area (Å²) in [6.07, 6.45) is 0. The summed E-state index contributed by atoms with van der Waals surface area (Å²) < 4.78 is 11.3. The van der Waals surface area contributed by atoms with Gasteiger partial charge in [-0.1, -0.05) is 35.9 Å². The van der Waals surface area contributed by atoms with Crippen molar-refractivity contribution in [1.82, 2.24) is 0 Å². The highest BCUT2D eigenvalue weighted by atomic mass is 35.5. The molecule has 0 fully saturated rings. The van der Waals surface area contributed by atoms with Gasteiger partial charge in [0.2, 0.25) is 0 Å². The summed E-state index contributed by atoms with van der Waals surface area (Å²) in [6.45, 7) is 5.27. The second-order valence-corrected chi connectivity index (χ2v) is 8.47. The number of halogens is 1. The molecule has 6 heteroatoms. The van der Waals surface area contributed by atoms with E-state index in [-0.39, 0.29) is 5.91 Å². The van der Waals surface area contributed by atoms with E-state index in [1.807, 2.05) is 37.3 Å². The zero-order chi connectivity index (χ0) is 22.9. The number of anilines is 1. The molecule has 162 valence electrons. The van der Waals surface area contributed by atoms with Crippen LogP contribution < -0.4 is 15.7 Å². The second-order valence-electron chi connectivity index (χ2n) is 8.04. The van der Waals surface area contributed by atoms with Crippen LogP contribution in [0.1, 0.15) is 19.4 Å². The van der Waals surface area contributed by atoms with E-state index in [2.05, 4.69) is 5.32 Å². The third kappa shape index (κ3) is 4.53. The Bertz CT molecular complexity index is 1360. The highest BCUT2D eigenvalue weighted by molar-refractivity contribution is 6.30. The minimum absolute atomic E-state index is 0.301. The largest absolute Gasteiger partial charge is 0.478 e. The van der Waals surface area contributed by atoms with E-state index in [0.717, 1.165) is 16.5 Å². The van der Waals surface area contributed by atoms with Crippen molar-refractivity contribution in [3.05, 3.63) is 93.8 Å². The fourth-order valence-corrected chi connectivity index (χ4v) is 3.54. The maximum absolute atomic E-state index is 12.8. The molecule has 0 aliphatic rings. The summed E-state index contributed by atoms with van der Waals surface area (Å²) in [6, 6.07) is 21.4. The third-order valence-electron chi connectivity index (χ3n) is 5.15. The maximum Gasteiger partial charge on any atom is 0.344 e. The Labute approximate surface area is 190 Å². The molecule has 3 aromatic carbocycles. The minimum Gasteiger partial charge on any atom is -0.478 e. The fraction of sp³-hybridized carbons (Fsp3) is 0.154. The number of para-hydroxylation sites is 1. The van der Waals surface area contributed by atoms with Crippen LogP contribution in [0, 0.1) is 6.92 Å². The molecule has 1 heterocycles. The van der Waals surface area contributed by atoms with Crippen molar-refractivity contribution in [2.45, 2.75) is 26.4 Å². The molecule has 1 amide bonds. The predicted octanol–water partition coefficient (Wildman–Crippen LogP) is 6.22. The van der Waals surface area contributed by atoms with Gasteiger partial charge in [0.1, 0.15) is 11.3 Å². The van der Waals surface area contributed by atoms with Crippen molar-refractivity contribution in [1.29, 1.82) is 0 Å². The van der Waals surface area contributed by atoms with Crippen LogP contribution in [0.4, 0.5) is 5.69 Å². The van der Waals surface area contributed by atoms with Crippen LogP contribution in [-0.4, -0.2) is 11.5 Å². The summed E-state index contributed by atoms with van der Waals surface area (Å²) >= 11 is 5.90. The van der Waals surface area contributed by atoms with Crippen LogP contribution in [-0.2, 0) is 4.79 Å². The third-order valence-corrected chi connectivity index (χ3v) is 5.40. The molecule has 5 nitrogen and oxygen atoms in total. The van der Waals surface area contributed by atoms with Gasteiger partial charge < -0.3 is 14.5 Å². The molecule has 0 aliphatic carbocycles. The number of ether oxygens (including phenoxy) is 1. The van der Waals surface area contributed by atoms with E-state index in [9.17, 15) is 9.59 Å². The average molecular weight is 448 g/mol. The van der Waals surface area contributed by atoms with Crippen molar-refractivity contribution in [2.75, 3.05) is 5.32 Å². The lowest BCUT2D eigenvalue weighted by atomic mass is 10.00.